The Morgan fingerprint density at radius 3 is 2.52 bits per heavy atom. The number of rotatable bonds is 9. The van der Waals surface area contributed by atoms with E-state index in [0.29, 0.717) is 36.7 Å². The maximum absolute atomic E-state index is 12.8. The van der Waals surface area contributed by atoms with Crippen molar-refractivity contribution < 1.29 is 14.3 Å². The quantitative estimate of drug-likeness (QED) is 0.610. The van der Waals surface area contributed by atoms with E-state index in [4.69, 9.17) is 4.74 Å². The first-order valence-electron chi connectivity index (χ1n) is 10.7. The Bertz CT molecular complexity index is 691. The van der Waals surface area contributed by atoms with E-state index in [2.05, 4.69) is 43.2 Å². The third-order valence-electron chi connectivity index (χ3n) is 5.06. The number of benzene rings is 1. The summed E-state index contributed by atoms with van der Waals surface area (Å²) in [6.45, 7) is 11.5. The van der Waals surface area contributed by atoms with Gasteiger partial charge in [-0.2, -0.15) is 0 Å². The molecule has 6 heteroatoms. The molecule has 1 saturated heterocycles. The molecule has 2 N–H and O–H groups in total. The number of methoxy groups -OCH3 is 1. The second-order valence-corrected chi connectivity index (χ2v) is 9.30. The minimum Gasteiger partial charge on any atom is -0.383 e. The van der Waals surface area contributed by atoms with Gasteiger partial charge >= 0.3 is 0 Å². The molecule has 6 nitrogen and oxygen atoms in total. The fourth-order valence-corrected chi connectivity index (χ4v) is 4.04. The van der Waals surface area contributed by atoms with Crippen LogP contribution in [-0.4, -0.2) is 45.2 Å². The zero-order valence-corrected chi connectivity index (χ0v) is 18.6. The van der Waals surface area contributed by atoms with Crippen molar-refractivity contribution in [1.82, 2.24) is 5.32 Å². The predicted molar refractivity (Wildman–Crippen MR) is 119 cm³/mol. The van der Waals surface area contributed by atoms with E-state index in [1.807, 2.05) is 12.1 Å². The smallest absolute Gasteiger partial charge is 0.253 e. The lowest BCUT2D eigenvalue weighted by Gasteiger charge is -2.23. The van der Waals surface area contributed by atoms with E-state index in [9.17, 15) is 9.59 Å². The summed E-state index contributed by atoms with van der Waals surface area (Å²) >= 11 is 0. The summed E-state index contributed by atoms with van der Waals surface area (Å²) in [6.07, 6.45) is 3.73. The van der Waals surface area contributed by atoms with E-state index in [1.165, 1.54) is 0 Å². The highest BCUT2D eigenvalue weighted by atomic mass is 16.5. The molecule has 0 aromatic heterocycles. The zero-order valence-electron chi connectivity index (χ0n) is 18.6. The first-order valence-corrected chi connectivity index (χ1v) is 10.7. The Morgan fingerprint density at radius 1 is 1.21 bits per heavy atom. The van der Waals surface area contributed by atoms with Gasteiger partial charge in [-0.25, -0.2) is 0 Å². The highest BCUT2D eigenvalue weighted by Gasteiger charge is 2.21. The molecule has 1 aromatic carbocycles. The molecule has 0 radical (unpaired) electrons. The number of carbonyl (C=O) groups excluding carboxylic acids is 2. The zero-order chi connectivity index (χ0) is 21.4. The summed E-state index contributed by atoms with van der Waals surface area (Å²) in [5.74, 6) is 0.151. The van der Waals surface area contributed by atoms with Crippen molar-refractivity contribution in [3.63, 3.8) is 0 Å². The number of anilines is 2. The van der Waals surface area contributed by atoms with Crippen LogP contribution in [-0.2, 0) is 9.53 Å². The normalized spacial score (nSPS) is 15.3. The average Bonchev–Trinajstić information content (AvgIpc) is 3.14. The number of ether oxygens (including phenoxy) is 1. The van der Waals surface area contributed by atoms with Crippen LogP contribution in [0.2, 0.25) is 0 Å². The summed E-state index contributed by atoms with van der Waals surface area (Å²) < 4.78 is 5.02. The first-order chi connectivity index (χ1) is 13.7. The van der Waals surface area contributed by atoms with E-state index < -0.39 is 0 Å². The minimum atomic E-state index is -0.138. The highest BCUT2D eigenvalue weighted by molar-refractivity contribution is 6.02. The second kappa shape index (κ2) is 10.6. The number of amides is 2. The molecular weight excluding hydrogens is 366 g/mol. The van der Waals surface area contributed by atoms with Gasteiger partial charge < -0.3 is 20.3 Å². The molecule has 0 bridgehead atoms. The summed E-state index contributed by atoms with van der Waals surface area (Å²) in [6, 6.07) is 5.64. The molecule has 1 atom stereocenters. The monoisotopic (exact) mass is 403 g/mol. The average molecular weight is 404 g/mol. The fourth-order valence-electron chi connectivity index (χ4n) is 4.04. The molecule has 1 aliphatic rings. The topological polar surface area (TPSA) is 70.7 Å². The standard InChI is InChI=1S/C23H37N3O3/c1-17(16-23(2,3)4)14-21(27)25-18-8-9-20(26-11-6-7-12-26)19(15-18)22(28)24-10-13-29-5/h8-9,15,17H,6-7,10-14,16H2,1-5H3,(H,24,28)(H,25,27). The Labute approximate surface area is 175 Å². The van der Waals surface area contributed by atoms with E-state index in [0.717, 1.165) is 38.0 Å². The lowest BCUT2D eigenvalue weighted by molar-refractivity contribution is -0.117. The molecule has 0 saturated carbocycles. The molecule has 2 amide bonds. The van der Waals surface area contributed by atoms with Crippen LogP contribution in [0.5, 0.6) is 0 Å². The van der Waals surface area contributed by atoms with E-state index >= 15 is 0 Å². The van der Waals surface area contributed by atoms with Crippen molar-refractivity contribution in [3.8, 4) is 0 Å². The van der Waals surface area contributed by atoms with Crippen molar-refractivity contribution in [1.29, 1.82) is 0 Å². The molecule has 1 aliphatic heterocycles. The van der Waals surface area contributed by atoms with Gasteiger partial charge in [0.25, 0.3) is 5.91 Å². The fraction of sp³-hybridized carbons (Fsp3) is 0.652. The van der Waals surface area contributed by atoms with Crippen LogP contribution in [0.4, 0.5) is 11.4 Å². The van der Waals surface area contributed by atoms with Crippen molar-refractivity contribution in [2.75, 3.05) is 43.6 Å². The molecule has 0 aliphatic carbocycles. The molecule has 162 valence electrons. The predicted octanol–water partition coefficient (Wildman–Crippen LogP) is 4.06. The van der Waals surface area contributed by atoms with Gasteiger partial charge in [-0.1, -0.05) is 27.7 Å². The summed E-state index contributed by atoms with van der Waals surface area (Å²) in [5, 5.41) is 5.88. The van der Waals surface area contributed by atoms with Crippen molar-refractivity contribution in [2.24, 2.45) is 11.3 Å². The number of carbonyl (C=O) groups is 2. The maximum Gasteiger partial charge on any atom is 0.253 e. The molecular formula is C23H37N3O3. The van der Waals surface area contributed by atoms with Gasteiger partial charge in [0, 0.05) is 44.5 Å². The molecule has 1 fully saturated rings. The van der Waals surface area contributed by atoms with E-state index in [-0.39, 0.29) is 17.2 Å². The first kappa shape index (κ1) is 23.2. The molecule has 2 rings (SSSR count). The van der Waals surface area contributed by atoms with Gasteiger partial charge in [0.2, 0.25) is 5.91 Å². The van der Waals surface area contributed by atoms with Gasteiger partial charge in [-0.3, -0.25) is 9.59 Å². The lowest BCUT2D eigenvalue weighted by atomic mass is 9.84. The summed E-state index contributed by atoms with van der Waals surface area (Å²) in [4.78, 5) is 27.5. The van der Waals surface area contributed by atoms with Crippen LogP contribution >= 0.6 is 0 Å². The largest absolute Gasteiger partial charge is 0.383 e. The molecule has 0 spiro atoms. The highest BCUT2D eigenvalue weighted by Crippen LogP contribution is 2.29. The number of nitrogens with zero attached hydrogens (tertiary/aromatic N) is 1. The Kier molecular flexibility index (Phi) is 8.50. The van der Waals surface area contributed by atoms with Crippen LogP contribution < -0.4 is 15.5 Å². The summed E-state index contributed by atoms with van der Waals surface area (Å²) in [5.41, 5.74) is 2.39. The SMILES string of the molecule is COCCNC(=O)c1cc(NC(=O)CC(C)CC(C)(C)C)ccc1N1CCCC1. The molecule has 1 heterocycles. The van der Waals surface area contributed by atoms with Crippen molar-refractivity contribution in [3.05, 3.63) is 23.8 Å². The van der Waals surface area contributed by atoms with Gasteiger partial charge in [-0.05, 0) is 48.8 Å². The van der Waals surface area contributed by atoms with Crippen LogP contribution in [0.3, 0.4) is 0 Å². The Hall–Kier alpha value is -2.08. The third kappa shape index (κ3) is 7.69. The van der Waals surface area contributed by atoms with Crippen molar-refractivity contribution >= 4 is 23.2 Å². The Morgan fingerprint density at radius 2 is 1.90 bits per heavy atom. The van der Waals surface area contributed by atoms with Crippen LogP contribution in [0.15, 0.2) is 18.2 Å². The number of hydrogen-bond acceptors (Lipinski definition) is 4. The van der Waals surface area contributed by atoms with Crippen LogP contribution in [0.1, 0.15) is 63.7 Å². The van der Waals surface area contributed by atoms with Gasteiger partial charge in [0.1, 0.15) is 0 Å². The molecule has 1 aromatic rings. The van der Waals surface area contributed by atoms with Crippen LogP contribution in [0, 0.1) is 11.3 Å². The lowest BCUT2D eigenvalue weighted by Crippen LogP contribution is -2.30. The Balaban J connectivity index is 2.11. The van der Waals surface area contributed by atoms with Gasteiger partial charge in [0.05, 0.1) is 12.2 Å². The minimum absolute atomic E-state index is 0.0126. The van der Waals surface area contributed by atoms with Gasteiger partial charge in [-0.15, -0.1) is 0 Å². The number of hydrogen-bond donors (Lipinski definition) is 2. The van der Waals surface area contributed by atoms with Crippen molar-refractivity contribution in [2.45, 2.75) is 53.4 Å². The number of nitrogens with one attached hydrogen (secondary N) is 2. The van der Waals surface area contributed by atoms with Crippen LogP contribution in [0.25, 0.3) is 0 Å². The van der Waals surface area contributed by atoms with E-state index in [1.54, 1.807) is 13.2 Å². The summed E-state index contributed by atoms with van der Waals surface area (Å²) in [7, 11) is 1.61. The molecule has 1 unspecified atom stereocenters. The molecule has 29 heavy (non-hydrogen) atoms. The van der Waals surface area contributed by atoms with Gasteiger partial charge in [0.15, 0.2) is 0 Å². The third-order valence-corrected chi connectivity index (χ3v) is 5.06. The second-order valence-electron chi connectivity index (χ2n) is 9.30. The maximum atomic E-state index is 12.8.